The third kappa shape index (κ3) is 6.30. The van der Waals surface area contributed by atoms with Crippen LogP contribution >= 0.6 is 0 Å². The second kappa shape index (κ2) is 9.78. The van der Waals surface area contributed by atoms with Crippen molar-refractivity contribution in [3.05, 3.63) is 59.7 Å². The third-order valence-electron chi connectivity index (χ3n) is 4.43. The number of methoxy groups -OCH3 is 1. The van der Waals surface area contributed by atoms with E-state index in [1.807, 2.05) is 31.2 Å². The molecule has 0 spiro atoms. The van der Waals surface area contributed by atoms with Crippen LogP contribution in [0.1, 0.15) is 37.3 Å². The lowest BCUT2D eigenvalue weighted by Gasteiger charge is -2.30. The van der Waals surface area contributed by atoms with E-state index in [2.05, 4.69) is 5.32 Å². The molecule has 28 heavy (non-hydrogen) atoms. The van der Waals surface area contributed by atoms with Crippen molar-refractivity contribution in [1.29, 1.82) is 0 Å². The van der Waals surface area contributed by atoms with Crippen LogP contribution in [-0.4, -0.2) is 30.7 Å². The minimum atomic E-state index is -1.03. The topological polar surface area (TPSA) is 84.9 Å². The number of nitrogens with one attached hydrogen (secondary N) is 1. The molecule has 1 amide bonds. The number of benzene rings is 2. The van der Waals surface area contributed by atoms with E-state index in [0.717, 1.165) is 11.3 Å². The van der Waals surface area contributed by atoms with Crippen molar-refractivity contribution >= 4 is 11.9 Å². The normalized spacial score (nSPS) is 12.7. The summed E-state index contributed by atoms with van der Waals surface area (Å²) in [5.41, 5.74) is 0.756. The van der Waals surface area contributed by atoms with Gasteiger partial charge in [0.15, 0.2) is 0 Å². The van der Waals surface area contributed by atoms with Crippen LogP contribution in [0.15, 0.2) is 48.5 Å². The molecule has 0 saturated carbocycles. The standard InChI is InChI=1S/C22H27NO5/c1-16-7-4-10-19(13-16)28-12-6-11-20(24)23-22(2,15-21(25)26)17-8-5-9-18(14-17)27-3/h4-5,7-10,13-14H,6,11-12,15H2,1-3H3,(H,23,24)(H,25,26). The molecule has 6 nitrogen and oxygen atoms in total. The molecule has 0 heterocycles. The molecular weight excluding hydrogens is 358 g/mol. The molecule has 0 radical (unpaired) electrons. The summed E-state index contributed by atoms with van der Waals surface area (Å²) in [6.45, 7) is 4.10. The maximum Gasteiger partial charge on any atom is 0.306 e. The third-order valence-corrected chi connectivity index (χ3v) is 4.43. The van der Waals surface area contributed by atoms with Crippen LogP contribution in [-0.2, 0) is 15.1 Å². The smallest absolute Gasteiger partial charge is 0.306 e. The Morgan fingerprint density at radius 3 is 2.50 bits per heavy atom. The molecule has 1 unspecified atom stereocenters. The van der Waals surface area contributed by atoms with E-state index in [0.29, 0.717) is 24.3 Å². The van der Waals surface area contributed by atoms with Crippen LogP contribution in [0.25, 0.3) is 0 Å². The highest BCUT2D eigenvalue weighted by Gasteiger charge is 2.31. The average Bonchev–Trinajstić information content (AvgIpc) is 2.64. The molecule has 0 aliphatic rings. The number of carbonyl (C=O) groups is 2. The zero-order valence-corrected chi connectivity index (χ0v) is 16.5. The van der Waals surface area contributed by atoms with Gasteiger partial charge < -0.3 is 19.9 Å². The number of aliphatic carboxylic acids is 1. The summed E-state index contributed by atoms with van der Waals surface area (Å²) in [6.07, 6.45) is 0.539. The van der Waals surface area contributed by atoms with Crippen LogP contribution in [0.2, 0.25) is 0 Å². The average molecular weight is 385 g/mol. The van der Waals surface area contributed by atoms with Crippen molar-refractivity contribution in [1.82, 2.24) is 5.32 Å². The van der Waals surface area contributed by atoms with Gasteiger partial charge in [0, 0.05) is 6.42 Å². The van der Waals surface area contributed by atoms with Crippen molar-refractivity contribution in [2.75, 3.05) is 13.7 Å². The summed E-state index contributed by atoms with van der Waals surface area (Å²) in [5.74, 6) is 0.162. The number of carboxylic acids is 1. The molecule has 2 aromatic carbocycles. The van der Waals surface area contributed by atoms with Crippen LogP contribution in [0.3, 0.4) is 0 Å². The van der Waals surface area contributed by atoms with Crippen LogP contribution < -0.4 is 14.8 Å². The molecular formula is C22H27NO5. The van der Waals surface area contributed by atoms with E-state index in [1.165, 1.54) is 0 Å². The predicted octanol–water partition coefficient (Wildman–Crippen LogP) is 3.67. The van der Waals surface area contributed by atoms with Crippen molar-refractivity contribution < 1.29 is 24.2 Å². The van der Waals surface area contributed by atoms with Gasteiger partial charge in [-0.25, -0.2) is 0 Å². The largest absolute Gasteiger partial charge is 0.497 e. The Balaban J connectivity index is 1.95. The van der Waals surface area contributed by atoms with Gasteiger partial charge in [0.2, 0.25) is 5.91 Å². The van der Waals surface area contributed by atoms with Gasteiger partial charge in [0.05, 0.1) is 25.7 Å². The second-order valence-corrected chi connectivity index (χ2v) is 6.95. The van der Waals surface area contributed by atoms with Crippen LogP contribution in [0.4, 0.5) is 0 Å². The molecule has 1 atom stereocenters. The lowest BCUT2D eigenvalue weighted by Crippen LogP contribution is -2.45. The summed E-state index contributed by atoms with van der Waals surface area (Å²) < 4.78 is 10.9. The van der Waals surface area contributed by atoms with Gasteiger partial charge in [-0.15, -0.1) is 0 Å². The molecule has 150 valence electrons. The fourth-order valence-corrected chi connectivity index (χ4v) is 2.99. The maximum absolute atomic E-state index is 12.4. The number of ether oxygens (including phenoxy) is 2. The summed E-state index contributed by atoms with van der Waals surface area (Å²) in [4.78, 5) is 23.8. The quantitative estimate of drug-likeness (QED) is 0.610. The van der Waals surface area contributed by atoms with Gasteiger partial charge in [-0.05, 0) is 55.7 Å². The lowest BCUT2D eigenvalue weighted by molar-refractivity contribution is -0.139. The number of carbonyl (C=O) groups excluding carboxylic acids is 1. The van der Waals surface area contributed by atoms with Crippen LogP contribution in [0, 0.1) is 6.92 Å². The highest BCUT2D eigenvalue weighted by Crippen LogP contribution is 2.28. The van der Waals surface area contributed by atoms with E-state index in [4.69, 9.17) is 9.47 Å². The fraction of sp³-hybridized carbons (Fsp3) is 0.364. The number of carboxylic acid groups (broad SMARTS) is 1. The van der Waals surface area contributed by atoms with Gasteiger partial charge >= 0.3 is 5.97 Å². The Labute approximate surface area is 165 Å². The highest BCUT2D eigenvalue weighted by atomic mass is 16.5. The number of hydrogen-bond donors (Lipinski definition) is 2. The molecule has 0 saturated heterocycles. The summed E-state index contributed by atoms with van der Waals surface area (Å²) in [6, 6.07) is 14.8. The fourth-order valence-electron chi connectivity index (χ4n) is 2.99. The Morgan fingerprint density at radius 2 is 1.82 bits per heavy atom. The first kappa shape index (κ1) is 21.3. The highest BCUT2D eigenvalue weighted by molar-refractivity contribution is 5.78. The molecule has 2 N–H and O–H groups in total. The minimum absolute atomic E-state index is 0.223. The van der Waals surface area contributed by atoms with E-state index in [1.54, 1.807) is 38.3 Å². The molecule has 0 aliphatic heterocycles. The predicted molar refractivity (Wildman–Crippen MR) is 107 cm³/mol. The Bertz CT molecular complexity index is 820. The molecule has 0 aliphatic carbocycles. The SMILES string of the molecule is COc1cccc(C(C)(CC(=O)O)NC(=O)CCCOc2cccc(C)c2)c1. The first-order valence-corrected chi connectivity index (χ1v) is 9.19. The second-order valence-electron chi connectivity index (χ2n) is 6.95. The number of amides is 1. The molecule has 0 aromatic heterocycles. The van der Waals surface area contributed by atoms with Crippen molar-refractivity contribution in [2.24, 2.45) is 0 Å². The molecule has 2 aromatic rings. The van der Waals surface area contributed by atoms with E-state index in [9.17, 15) is 14.7 Å². The molecule has 0 bridgehead atoms. The van der Waals surface area contributed by atoms with Crippen LogP contribution in [0.5, 0.6) is 11.5 Å². The lowest BCUT2D eigenvalue weighted by atomic mass is 9.88. The van der Waals surface area contributed by atoms with Crippen molar-refractivity contribution in [2.45, 2.75) is 38.6 Å². The Kier molecular flexibility index (Phi) is 7.44. The number of rotatable bonds is 10. The molecule has 2 rings (SSSR count). The van der Waals surface area contributed by atoms with Crippen molar-refractivity contribution in [3.8, 4) is 11.5 Å². The van der Waals surface area contributed by atoms with E-state index >= 15 is 0 Å². The minimum Gasteiger partial charge on any atom is -0.497 e. The van der Waals surface area contributed by atoms with E-state index < -0.39 is 11.5 Å². The van der Waals surface area contributed by atoms with Crippen molar-refractivity contribution in [3.63, 3.8) is 0 Å². The molecule has 0 fully saturated rings. The monoisotopic (exact) mass is 385 g/mol. The zero-order chi connectivity index (χ0) is 20.6. The van der Waals surface area contributed by atoms with Gasteiger partial charge in [-0.3, -0.25) is 9.59 Å². The molecule has 6 heteroatoms. The Hall–Kier alpha value is -3.02. The first-order valence-electron chi connectivity index (χ1n) is 9.19. The van der Waals surface area contributed by atoms with Gasteiger partial charge in [0.1, 0.15) is 11.5 Å². The summed E-state index contributed by atoms with van der Waals surface area (Å²) >= 11 is 0. The zero-order valence-electron chi connectivity index (χ0n) is 16.5. The number of hydrogen-bond acceptors (Lipinski definition) is 4. The van der Waals surface area contributed by atoms with Gasteiger partial charge in [0.25, 0.3) is 0 Å². The summed E-state index contributed by atoms with van der Waals surface area (Å²) in [5, 5.41) is 12.2. The first-order chi connectivity index (χ1) is 13.3. The Morgan fingerprint density at radius 1 is 1.11 bits per heavy atom. The number of aryl methyl sites for hydroxylation is 1. The van der Waals surface area contributed by atoms with Gasteiger partial charge in [-0.2, -0.15) is 0 Å². The van der Waals surface area contributed by atoms with Gasteiger partial charge in [-0.1, -0.05) is 24.3 Å². The maximum atomic E-state index is 12.4. The van der Waals surface area contributed by atoms with E-state index in [-0.39, 0.29) is 18.7 Å². The summed E-state index contributed by atoms with van der Waals surface area (Å²) in [7, 11) is 1.54.